The number of anilines is 1. The fraction of sp³-hybridized carbons (Fsp3) is 0.333. The largest absolute Gasteiger partial charge is 0.396 e. The summed E-state index contributed by atoms with van der Waals surface area (Å²) in [6, 6.07) is 6.73. The standard InChI is InChI=1S/C21H23Cl2N5O4S/c22-15-9-14(10-16(23)20(15)24)33(31,32)27-19(21(30)28-5-3-13(29)4-6-28)8-12-1-2-17-18(7-12)26-11-25-17/h1-2,7,9-11,13,19,27,29H,3-6,8,24H2,(H,25,26). The Bertz CT molecular complexity index is 1270. The van der Waals surface area contributed by atoms with Crippen molar-refractivity contribution in [2.75, 3.05) is 18.8 Å². The zero-order valence-corrected chi connectivity index (χ0v) is 19.8. The molecule has 12 heteroatoms. The number of sulfonamides is 1. The van der Waals surface area contributed by atoms with Crippen molar-refractivity contribution in [1.82, 2.24) is 19.6 Å². The van der Waals surface area contributed by atoms with Gasteiger partial charge in [0.2, 0.25) is 15.9 Å². The van der Waals surface area contributed by atoms with Gasteiger partial charge in [-0.3, -0.25) is 4.79 Å². The van der Waals surface area contributed by atoms with Crippen LogP contribution in [0.4, 0.5) is 5.69 Å². The van der Waals surface area contributed by atoms with E-state index in [-0.39, 0.29) is 33.0 Å². The molecule has 3 aromatic rings. The topological polar surface area (TPSA) is 141 Å². The highest BCUT2D eigenvalue weighted by Gasteiger charge is 2.32. The summed E-state index contributed by atoms with van der Waals surface area (Å²) in [7, 11) is -4.16. The number of nitrogens with two attached hydrogens (primary N) is 1. The summed E-state index contributed by atoms with van der Waals surface area (Å²) in [6.07, 6.45) is 2.09. The van der Waals surface area contributed by atoms with E-state index < -0.39 is 22.2 Å². The molecule has 9 nitrogen and oxygen atoms in total. The van der Waals surface area contributed by atoms with E-state index in [0.717, 1.165) is 16.6 Å². The van der Waals surface area contributed by atoms with Crippen molar-refractivity contribution in [3.8, 4) is 0 Å². The Kier molecular flexibility index (Phi) is 6.83. The van der Waals surface area contributed by atoms with Crippen LogP contribution in [0.2, 0.25) is 10.0 Å². The van der Waals surface area contributed by atoms with E-state index in [1.54, 1.807) is 23.4 Å². The van der Waals surface area contributed by atoms with Crippen LogP contribution >= 0.6 is 23.2 Å². The minimum absolute atomic E-state index is 0.000432. The molecule has 2 heterocycles. The molecule has 0 aliphatic carbocycles. The fourth-order valence-corrected chi connectivity index (χ4v) is 5.66. The number of H-pyrrole nitrogens is 1. The normalized spacial score (nSPS) is 16.3. The summed E-state index contributed by atoms with van der Waals surface area (Å²) in [4.78, 5) is 21.9. The van der Waals surface area contributed by atoms with Gasteiger partial charge in [0.1, 0.15) is 6.04 Å². The molecule has 1 aliphatic rings. The number of halogens is 2. The maximum absolute atomic E-state index is 13.3. The van der Waals surface area contributed by atoms with E-state index >= 15 is 0 Å². The number of likely N-dealkylation sites (tertiary alicyclic amines) is 1. The number of aliphatic hydroxyl groups excluding tert-OH is 1. The molecule has 0 spiro atoms. The number of rotatable bonds is 6. The first kappa shape index (κ1) is 23.8. The minimum atomic E-state index is -4.16. The first-order valence-electron chi connectivity index (χ1n) is 10.3. The van der Waals surface area contributed by atoms with Crippen molar-refractivity contribution >= 4 is 55.9 Å². The van der Waals surface area contributed by atoms with Crippen molar-refractivity contribution in [2.24, 2.45) is 0 Å². The van der Waals surface area contributed by atoms with Crippen LogP contribution in [0.5, 0.6) is 0 Å². The van der Waals surface area contributed by atoms with Crippen LogP contribution in [0.3, 0.4) is 0 Å². The Morgan fingerprint density at radius 1 is 1.24 bits per heavy atom. The summed E-state index contributed by atoms with van der Waals surface area (Å²) in [5.74, 6) is -0.372. The monoisotopic (exact) mass is 511 g/mol. The lowest BCUT2D eigenvalue weighted by Crippen LogP contribution is -2.52. The molecular weight excluding hydrogens is 489 g/mol. The average Bonchev–Trinajstić information content (AvgIpc) is 3.24. The van der Waals surface area contributed by atoms with E-state index in [4.69, 9.17) is 28.9 Å². The van der Waals surface area contributed by atoms with Crippen molar-refractivity contribution in [3.63, 3.8) is 0 Å². The van der Waals surface area contributed by atoms with Crippen LogP contribution in [0.1, 0.15) is 18.4 Å². The SMILES string of the molecule is Nc1c(Cl)cc(S(=O)(=O)NC(Cc2ccc3nc[nH]c3c2)C(=O)N2CCC(O)CC2)cc1Cl. The number of carbonyl (C=O) groups is 1. The molecule has 1 atom stereocenters. The van der Waals surface area contributed by atoms with Crippen LogP contribution in [0.25, 0.3) is 11.0 Å². The number of benzene rings is 2. The average molecular weight is 512 g/mol. The molecule has 1 amide bonds. The van der Waals surface area contributed by atoms with Crippen molar-refractivity contribution in [3.05, 3.63) is 52.3 Å². The lowest BCUT2D eigenvalue weighted by molar-refractivity contribution is -0.135. The highest BCUT2D eigenvalue weighted by Crippen LogP contribution is 2.31. The van der Waals surface area contributed by atoms with Gasteiger partial charge in [0.25, 0.3) is 0 Å². The summed E-state index contributed by atoms with van der Waals surface area (Å²) < 4.78 is 28.8. The fourth-order valence-electron chi connectivity index (χ4n) is 3.80. The van der Waals surface area contributed by atoms with Gasteiger partial charge in [-0.25, -0.2) is 13.4 Å². The molecule has 0 radical (unpaired) electrons. The molecule has 5 N–H and O–H groups in total. The first-order chi connectivity index (χ1) is 15.6. The maximum Gasteiger partial charge on any atom is 0.241 e. The summed E-state index contributed by atoms with van der Waals surface area (Å²) in [5, 5.41) is 9.78. The van der Waals surface area contributed by atoms with E-state index in [2.05, 4.69) is 14.7 Å². The molecule has 1 saturated heterocycles. The number of hydrogen-bond acceptors (Lipinski definition) is 6. The Hall–Kier alpha value is -2.37. The summed E-state index contributed by atoms with van der Waals surface area (Å²) >= 11 is 12.0. The van der Waals surface area contributed by atoms with Gasteiger partial charge in [-0.15, -0.1) is 0 Å². The zero-order valence-electron chi connectivity index (χ0n) is 17.5. The number of hydrogen-bond donors (Lipinski definition) is 4. The second-order valence-electron chi connectivity index (χ2n) is 7.99. The second-order valence-corrected chi connectivity index (χ2v) is 10.5. The van der Waals surface area contributed by atoms with Crippen molar-refractivity contribution in [1.29, 1.82) is 0 Å². The number of imidazole rings is 1. The van der Waals surface area contributed by atoms with Gasteiger partial charge in [-0.1, -0.05) is 29.3 Å². The molecule has 1 fully saturated rings. The highest BCUT2D eigenvalue weighted by atomic mass is 35.5. The lowest BCUT2D eigenvalue weighted by atomic mass is 10.0. The smallest absolute Gasteiger partial charge is 0.241 e. The zero-order chi connectivity index (χ0) is 23.8. The Morgan fingerprint density at radius 2 is 1.91 bits per heavy atom. The number of amides is 1. The number of nitrogen functional groups attached to an aromatic ring is 1. The first-order valence-corrected chi connectivity index (χ1v) is 12.5. The predicted molar refractivity (Wildman–Crippen MR) is 127 cm³/mol. The van der Waals surface area contributed by atoms with Gasteiger partial charge < -0.3 is 20.7 Å². The molecule has 1 unspecified atom stereocenters. The van der Waals surface area contributed by atoms with Crippen LogP contribution < -0.4 is 10.5 Å². The van der Waals surface area contributed by atoms with Gasteiger partial charge in [-0.05, 0) is 49.1 Å². The van der Waals surface area contributed by atoms with E-state index in [1.165, 1.54) is 12.1 Å². The van der Waals surface area contributed by atoms with Gasteiger partial charge in [0.05, 0.1) is 44.1 Å². The van der Waals surface area contributed by atoms with E-state index in [9.17, 15) is 18.3 Å². The number of carbonyl (C=O) groups excluding carboxylic acids is 1. The van der Waals surface area contributed by atoms with Crippen LogP contribution in [-0.4, -0.2) is 59.5 Å². The highest BCUT2D eigenvalue weighted by molar-refractivity contribution is 7.89. The number of piperidine rings is 1. The summed E-state index contributed by atoms with van der Waals surface area (Å²) in [5.41, 5.74) is 8.08. The molecule has 176 valence electrons. The quantitative estimate of drug-likeness (QED) is 0.374. The summed E-state index contributed by atoms with van der Waals surface area (Å²) in [6.45, 7) is 0.689. The van der Waals surface area contributed by atoms with Crippen LogP contribution in [0, 0.1) is 0 Å². The number of nitrogens with one attached hydrogen (secondary N) is 2. The number of aliphatic hydroxyl groups is 1. The van der Waals surface area contributed by atoms with Crippen LogP contribution in [0.15, 0.2) is 41.6 Å². The minimum Gasteiger partial charge on any atom is -0.396 e. The Balaban J connectivity index is 1.64. The number of aromatic nitrogens is 2. The lowest BCUT2D eigenvalue weighted by Gasteiger charge is -2.32. The van der Waals surface area contributed by atoms with Gasteiger partial charge >= 0.3 is 0 Å². The van der Waals surface area contributed by atoms with Crippen molar-refractivity contribution < 1.29 is 18.3 Å². The maximum atomic E-state index is 13.3. The molecule has 2 aromatic carbocycles. The van der Waals surface area contributed by atoms with Gasteiger partial charge in [0.15, 0.2) is 0 Å². The van der Waals surface area contributed by atoms with Gasteiger partial charge in [-0.2, -0.15) is 4.72 Å². The second kappa shape index (κ2) is 9.47. The number of nitrogens with zero attached hydrogens (tertiary/aromatic N) is 2. The van der Waals surface area contributed by atoms with Crippen LogP contribution in [-0.2, 0) is 21.2 Å². The van der Waals surface area contributed by atoms with Crippen molar-refractivity contribution in [2.45, 2.75) is 36.3 Å². The molecule has 4 rings (SSSR count). The Morgan fingerprint density at radius 3 is 2.58 bits per heavy atom. The van der Waals surface area contributed by atoms with E-state index in [0.29, 0.717) is 25.9 Å². The Labute approximate surface area is 200 Å². The third-order valence-corrected chi connectivity index (χ3v) is 7.74. The van der Waals surface area contributed by atoms with E-state index in [1.807, 2.05) is 6.07 Å². The third kappa shape index (κ3) is 5.25. The molecule has 0 bridgehead atoms. The predicted octanol–water partition coefficient (Wildman–Crippen LogP) is 2.32. The number of fused-ring (bicyclic) bond motifs is 1. The molecule has 33 heavy (non-hydrogen) atoms. The molecule has 1 aliphatic heterocycles. The third-order valence-electron chi connectivity index (χ3n) is 5.66. The molecule has 0 saturated carbocycles. The molecule has 1 aromatic heterocycles. The molecular formula is C21H23Cl2N5O4S. The van der Waals surface area contributed by atoms with Gasteiger partial charge in [0, 0.05) is 13.1 Å². The number of aromatic amines is 1.